The van der Waals surface area contributed by atoms with Crippen molar-refractivity contribution in [1.29, 1.82) is 0 Å². The standard InChI is InChI=1S/C16H14N4O/c1-20-9-11(8-17-20)14-7-15(21)19-16(18-14)13-6-10-4-2-3-5-12(10)13/h2-5,7-9,13H,6H2,1H3,(H,18,19,21). The minimum atomic E-state index is -0.122. The molecule has 4 rings (SSSR count). The van der Waals surface area contributed by atoms with Gasteiger partial charge in [0.05, 0.1) is 11.9 Å². The molecule has 1 aromatic carbocycles. The Kier molecular flexibility index (Phi) is 2.54. The van der Waals surface area contributed by atoms with Crippen LogP contribution in [0.1, 0.15) is 22.9 Å². The lowest BCUT2D eigenvalue weighted by Crippen LogP contribution is -2.23. The Hall–Kier alpha value is -2.69. The van der Waals surface area contributed by atoms with Crippen LogP contribution in [0.2, 0.25) is 0 Å². The van der Waals surface area contributed by atoms with Crippen molar-refractivity contribution < 1.29 is 0 Å². The van der Waals surface area contributed by atoms with E-state index in [0.29, 0.717) is 5.69 Å². The lowest BCUT2D eigenvalue weighted by Gasteiger charge is -2.29. The summed E-state index contributed by atoms with van der Waals surface area (Å²) in [5.41, 5.74) is 3.99. The van der Waals surface area contributed by atoms with Crippen molar-refractivity contribution in [2.45, 2.75) is 12.3 Å². The molecule has 1 aliphatic carbocycles. The third kappa shape index (κ3) is 1.98. The number of benzene rings is 1. The van der Waals surface area contributed by atoms with E-state index in [9.17, 15) is 4.79 Å². The molecule has 0 amide bonds. The van der Waals surface area contributed by atoms with Gasteiger partial charge in [0.2, 0.25) is 0 Å². The first-order valence-corrected chi connectivity index (χ1v) is 6.89. The molecule has 1 unspecified atom stereocenters. The smallest absolute Gasteiger partial charge is 0.251 e. The van der Waals surface area contributed by atoms with Crippen LogP contribution in [0.5, 0.6) is 0 Å². The second-order valence-electron chi connectivity index (χ2n) is 5.37. The Morgan fingerprint density at radius 1 is 1.33 bits per heavy atom. The van der Waals surface area contributed by atoms with Gasteiger partial charge in [-0.25, -0.2) is 4.98 Å². The largest absolute Gasteiger partial charge is 0.310 e. The Bertz CT molecular complexity index is 878. The molecule has 3 aromatic rings. The molecule has 104 valence electrons. The fourth-order valence-corrected chi connectivity index (χ4v) is 2.85. The summed E-state index contributed by atoms with van der Waals surface area (Å²) in [4.78, 5) is 19.4. The molecule has 0 bridgehead atoms. The lowest BCUT2D eigenvalue weighted by molar-refractivity contribution is 0.657. The topological polar surface area (TPSA) is 63.6 Å². The predicted molar refractivity (Wildman–Crippen MR) is 79.0 cm³/mol. The highest BCUT2D eigenvalue weighted by atomic mass is 16.1. The summed E-state index contributed by atoms with van der Waals surface area (Å²) < 4.78 is 1.70. The van der Waals surface area contributed by atoms with E-state index in [1.807, 2.05) is 25.4 Å². The first-order chi connectivity index (χ1) is 10.2. The molecule has 2 heterocycles. The number of aromatic amines is 1. The van der Waals surface area contributed by atoms with Crippen LogP contribution in [-0.4, -0.2) is 19.7 Å². The first kappa shape index (κ1) is 12.1. The molecule has 1 N–H and O–H groups in total. The third-order valence-electron chi connectivity index (χ3n) is 3.95. The number of fused-ring (bicyclic) bond motifs is 1. The van der Waals surface area contributed by atoms with Crippen molar-refractivity contribution in [3.05, 3.63) is 70.0 Å². The number of aryl methyl sites for hydroxylation is 1. The van der Waals surface area contributed by atoms with Gasteiger partial charge in [-0.3, -0.25) is 9.48 Å². The molecule has 0 fully saturated rings. The van der Waals surface area contributed by atoms with Gasteiger partial charge >= 0.3 is 0 Å². The summed E-state index contributed by atoms with van der Waals surface area (Å²) >= 11 is 0. The zero-order valence-electron chi connectivity index (χ0n) is 11.6. The SMILES string of the molecule is Cn1cc(-c2cc(=O)[nH]c(C3Cc4ccccc43)n2)cn1. The van der Waals surface area contributed by atoms with Gasteiger partial charge in [0.25, 0.3) is 5.56 Å². The average molecular weight is 278 g/mol. The molecule has 5 nitrogen and oxygen atoms in total. The third-order valence-corrected chi connectivity index (χ3v) is 3.95. The Balaban J connectivity index is 1.78. The van der Waals surface area contributed by atoms with Crippen molar-refractivity contribution in [1.82, 2.24) is 19.7 Å². The van der Waals surface area contributed by atoms with Gasteiger partial charge in [-0.1, -0.05) is 24.3 Å². The maximum absolute atomic E-state index is 11.9. The quantitative estimate of drug-likeness (QED) is 0.778. The number of hydrogen-bond acceptors (Lipinski definition) is 3. The lowest BCUT2D eigenvalue weighted by atomic mass is 9.77. The number of nitrogens with zero attached hydrogens (tertiary/aromatic N) is 3. The zero-order valence-corrected chi connectivity index (χ0v) is 11.6. The van der Waals surface area contributed by atoms with E-state index in [-0.39, 0.29) is 11.5 Å². The molecule has 0 aliphatic heterocycles. The van der Waals surface area contributed by atoms with Crippen molar-refractivity contribution in [3.8, 4) is 11.3 Å². The van der Waals surface area contributed by atoms with E-state index < -0.39 is 0 Å². The van der Waals surface area contributed by atoms with Gasteiger partial charge in [0.15, 0.2) is 0 Å². The molecule has 1 aliphatic rings. The van der Waals surface area contributed by atoms with Crippen LogP contribution in [0.15, 0.2) is 47.5 Å². The van der Waals surface area contributed by atoms with Crippen LogP contribution in [0.3, 0.4) is 0 Å². The van der Waals surface area contributed by atoms with Crippen molar-refractivity contribution in [2.24, 2.45) is 7.05 Å². The molecule has 1 atom stereocenters. The summed E-state index contributed by atoms with van der Waals surface area (Å²) in [5, 5.41) is 4.13. The van der Waals surface area contributed by atoms with E-state index in [1.54, 1.807) is 10.9 Å². The van der Waals surface area contributed by atoms with Crippen LogP contribution < -0.4 is 5.56 Å². The number of aromatic nitrogens is 4. The second kappa shape index (κ2) is 4.41. The molecular weight excluding hydrogens is 264 g/mol. The molecule has 21 heavy (non-hydrogen) atoms. The minimum absolute atomic E-state index is 0.122. The highest BCUT2D eigenvalue weighted by molar-refractivity contribution is 5.57. The van der Waals surface area contributed by atoms with Crippen LogP contribution in [0, 0.1) is 0 Å². The van der Waals surface area contributed by atoms with Gasteiger partial charge in [0, 0.05) is 30.8 Å². The maximum Gasteiger partial charge on any atom is 0.251 e. The van der Waals surface area contributed by atoms with Crippen LogP contribution in [0.4, 0.5) is 0 Å². The summed E-state index contributed by atoms with van der Waals surface area (Å²) in [7, 11) is 1.85. The second-order valence-corrected chi connectivity index (χ2v) is 5.37. The molecule has 0 saturated carbocycles. The van der Waals surface area contributed by atoms with Gasteiger partial charge in [-0.2, -0.15) is 5.10 Å². The van der Waals surface area contributed by atoms with Gasteiger partial charge in [-0.05, 0) is 17.5 Å². The summed E-state index contributed by atoms with van der Waals surface area (Å²) in [5.74, 6) is 0.922. The minimum Gasteiger partial charge on any atom is -0.310 e. The Morgan fingerprint density at radius 3 is 2.95 bits per heavy atom. The van der Waals surface area contributed by atoms with Crippen LogP contribution >= 0.6 is 0 Å². The van der Waals surface area contributed by atoms with Gasteiger partial charge in [-0.15, -0.1) is 0 Å². The number of hydrogen-bond donors (Lipinski definition) is 1. The molecule has 0 radical (unpaired) electrons. The predicted octanol–water partition coefficient (Wildman–Crippen LogP) is 1.86. The van der Waals surface area contributed by atoms with E-state index in [1.165, 1.54) is 17.2 Å². The van der Waals surface area contributed by atoms with E-state index in [0.717, 1.165) is 17.8 Å². The molecule has 0 saturated heterocycles. The molecule has 5 heteroatoms. The molecule has 2 aromatic heterocycles. The normalized spacial score (nSPS) is 16.3. The van der Waals surface area contributed by atoms with E-state index >= 15 is 0 Å². The van der Waals surface area contributed by atoms with Crippen molar-refractivity contribution in [2.75, 3.05) is 0 Å². The van der Waals surface area contributed by atoms with E-state index in [4.69, 9.17) is 0 Å². The zero-order chi connectivity index (χ0) is 14.4. The Labute approximate surface area is 121 Å². The van der Waals surface area contributed by atoms with Gasteiger partial charge in [0.1, 0.15) is 5.82 Å². The summed E-state index contributed by atoms with van der Waals surface area (Å²) in [6, 6.07) is 9.80. The fourth-order valence-electron chi connectivity index (χ4n) is 2.85. The van der Waals surface area contributed by atoms with Crippen LogP contribution in [0.25, 0.3) is 11.3 Å². The maximum atomic E-state index is 11.9. The summed E-state index contributed by atoms with van der Waals surface area (Å²) in [6.45, 7) is 0. The summed E-state index contributed by atoms with van der Waals surface area (Å²) in [6.07, 6.45) is 4.51. The number of nitrogens with one attached hydrogen (secondary N) is 1. The fraction of sp³-hybridized carbons (Fsp3) is 0.188. The molecular formula is C16H14N4O. The van der Waals surface area contributed by atoms with Crippen molar-refractivity contribution >= 4 is 0 Å². The number of H-pyrrole nitrogens is 1. The van der Waals surface area contributed by atoms with Gasteiger partial charge < -0.3 is 4.98 Å². The van der Waals surface area contributed by atoms with Crippen molar-refractivity contribution in [3.63, 3.8) is 0 Å². The van der Waals surface area contributed by atoms with Crippen LogP contribution in [-0.2, 0) is 13.5 Å². The Morgan fingerprint density at radius 2 is 2.19 bits per heavy atom. The highest BCUT2D eigenvalue weighted by Gasteiger charge is 2.29. The average Bonchev–Trinajstić information content (AvgIpc) is 2.86. The number of rotatable bonds is 2. The first-order valence-electron chi connectivity index (χ1n) is 6.89. The molecule has 0 spiro atoms. The van der Waals surface area contributed by atoms with E-state index in [2.05, 4.69) is 27.2 Å². The monoisotopic (exact) mass is 278 g/mol. The highest BCUT2D eigenvalue weighted by Crippen LogP contribution is 2.38.